The Morgan fingerprint density at radius 2 is 2.00 bits per heavy atom. The number of esters is 1. The van der Waals surface area contributed by atoms with E-state index in [1.165, 1.54) is 0 Å². The van der Waals surface area contributed by atoms with E-state index >= 15 is 0 Å². The summed E-state index contributed by atoms with van der Waals surface area (Å²) < 4.78 is 19.3. The van der Waals surface area contributed by atoms with Crippen LogP contribution in [0.3, 0.4) is 0 Å². The zero-order valence-electron chi connectivity index (χ0n) is 8.46. The number of rotatable bonds is 7. The first kappa shape index (κ1) is 23.4. The molecule has 0 rings (SSSR count). The van der Waals surface area contributed by atoms with E-state index in [0.29, 0.717) is 12.8 Å². The molecule has 0 spiro atoms. The van der Waals surface area contributed by atoms with Gasteiger partial charge >= 0.3 is 72.9 Å². The molecule has 0 bridgehead atoms. The maximum absolute atomic E-state index is 10.7. The van der Waals surface area contributed by atoms with Crippen molar-refractivity contribution in [3.8, 4) is 0 Å². The molecule has 0 saturated heterocycles. The maximum atomic E-state index is 10.7. The average molecular weight is 286 g/mol. The van der Waals surface area contributed by atoms with Crippen molar-refractivity contribution < 1.29 is 28.4 Å². The molecule has 0 saturated carbocycles. The summed E-state index contributed by atoms with van der Waals surface area (Å²) in [5, 5.41) is 0. The molecule has 0 aromatic rings. The van der Waals surface area contributed by atoms with Crippen molar-refractivity contribution in [2.45, 2.75) is 25.9 Å². The number of phosphoric acid groups is 1. The van der Waals surface area contributed by atoms with Gasteiger partial charge in [-0.2, -0.15) is 0 Å². The summed E-state index contributed by atoms with van der Waals surface area (Å²) in [6.07, 6.45) is 1.61. The van der Waals surface area contributed by atoms with Crippen LogP contribution >= 0.6 is 7.82 Å². The second-order valence-electron chi connectivity index (χ2n) is 2.92. The molecular formula is C8H17Na2O6P. The zero-order valence-corrected chi connectivity index (χ0v) is 9.35. The molecule has 17 heavy (non-hydrogen) atoms. The van der Waals surface area contributed by atoms with Crippen LogP contribution in [0.25, 0.3) is 0 Å². The van der Waals surface area contributed by atoms with Crippen LogP contribution in [0, 0.1) is 0 Å². The molecule has 0 amide bonds. The Morgan fingerprint density at radius 1 is 1.47 bits per heavy atom. The van der Waals surface area contributed by atoms with Gasteiger partial charge in [0.05, 0.1) is 12.7 Å². The normalized spacial score (nSPS) is 11.7. The molecular weight excluding hydrogens is 269 g/mol. The summed E-state index contributed by atoms with van der Waals surface area (Å²) in [4.78, 5) is 27.4. The zero-order chi connectivity index (χ0) is 11.9. The van der Waals surface area contributed by atoms with Crippen molar-refractivity contribution >= 4 is 72.9 Å². The first-order valence-electron chi connectivity index (χ1n) is 4.38. The van der Waals surface area contributed by atoms with E-state index in [4.69, 9.17) is 14.5 Å². The van der Waals surface area contributed by atoms with Crippen molar-refractivity contribution in [2.24, 2.45) is 0 Å². The van der Waals surface area contributed by atoms with Crippen LogP contribution in [-0.4, -0.2) is 87.6 Å². The fraction of sp³-hybridized carbons (Fsp3) is 0.625. The molecule has 0 heterocycles. The summed E-state index contributed by atoms with van der Waals surface area (Å²) in [6, 6.07) is 0. The van der Waals surface area contributed by atoms with Crippen molar-refractivity contribution in [3.63, 3.8) is 0 Å². The van der Waals surface area contributed by atoms with Crippen LogP contribution in [-0.2, 0) is 18.6 Å². The molecule has 0 radical (unpaired) electrons. The predicted molar refractivity (Wildman–Crippen MR) is 67.3 cm³/mol. The number of carbonyl (C=O) groups excluding carboxylic acids is 1. The van der Waals surface area contributed by atoms with Gasteiger partial charge in [0.1, 0.15) is 0 Å². The molecule has 0 aromatic heterocycles. The SMILES string of the molecule is C=CC(=O)OC(C)CCCOP(=O)(O)O.[NaH].[NaH]. The Morgan fingerprint density at radius 3 is 2.41 bits per heavy atom. The molecule has 0 aromatic carbocycles. The van der Waals surface area contributed by atoms with Gasteiger partial charge in [-0.15, -0.1) is 0 Å². The standard InChI is InChI=1S/C8H15O6P.2Na.2H/c1-3-8(9)14-7(2)5-4-6-13-15(10,11)12;;;;/h3,7H,1,4-6H2,2H3,(H2,10,11,12);;;;. The molecule has 92 valence electrons. The van der Waals surface area contributed by atoms with E-state index in [2.05, 4.69) is 11.1 Å². The number of ether oxygens (including phenoxy) is 1. The predicted octanol–water partition coefficient (Wildman–Crippen LogP) is -0.303. The Bertz CT molecular complexity index is 267. The Hall–Kier alpha value is 1.32. The number of hydrogen-bond donors (Lipinski definition) is 2. The van der Waals surface area contributed by atoms with Crippen LogP contribution in [0.15, 0.2) is 12.7 Å². The summed E-state index contributed by atoms with van der Waals surface area (Å²) in [5.74, 6) is -0.515. The minimum absolute atomic E-state index is 0. The van der Waals surface area contributed by atoms with Gasteiger partial charge in [0.25, 0.3) is 0 Å². The summed E-state index contributed by atoms with van der Waals surface area (Å²) >= 11 is 0. The number of phosphoric ester groups is 1. The quantitative estimate of drug-likeness (QED) is 0.219. The van der Waals surface area contributed by atoms with Crippen molar-refractivity contribution in [2.75, 3.05) is 6.61 Å². The fourth-order valence-electron chi connectivity index (χ4n) is 0.860. The topological polar surface area (TPSA) is 93.1 Å². The van der Waals surface area contributed by atoms with E-state index in [0.717, 1.165) is 6.08 Å². The monoisotopic (exact) mass is 286 g/mol. The van der Waals surface area contributed by atoms with Crippen LogP contribution in [0.4, 0.5) is 0 Å². The van der Waals surface area contributed by atoms with Crippen LogP contribution in [0.5, 0.6) is 0 Å². The van der Waals surface area contributed by atoms with Crippen molar-refractivity contribution in [3.05, 3.63) is 12.7 Å². The van der Waals surface area contributed by atoms with Gasteiger partial charge < -0.3 is 14.5 Å². The Kier molecular flexibility index (Phi) is 17.0. The molecule has 0 aliphatic heterocycles. The molecule has 1 unspecified atom stereocenters. The summed E-state index contributed by atoms with van der Waals surface area (Å²) in [6.45, 7) is 4.85. The van der Waals surface area contributed by atoms with Gasteiger partial charge in [0, 0.05) is 6.08 Å². The van der Waals surface area contributed by atoms with Gasteiger partial charge in [0.15, 0.2) is 0 Å². The summed E-state index contributed by atoms with van der Waals surface area (Å²) in [5.41, 5.74) is 0. The van der Waals surface area contributed by atoms with E-state index < -0.39 is 13.8 Å². The first-order valence-corrected chi connectivity index (χ1v) is 5.91. The van der Waals surface area contributed by atoms with E-state index in [1.807, 2.05) is 0 Å². The first-order chi connectivity index (χ1) is 6.85. The third-order valence-corrected chi connectivity index (χ3v) is 2.02. The molecule has 1 atom stereocenters. The summed E-state index contributed by atoms with van der Waals surface area (Å²) in [7, 11) is -4.38. The van der Waals surface area contributed by atoms with E-state index in [9.17, 15) is 9.36 Å². The minimum atomic E-state index is -4.38. The van der Waals surface area contributed by atoms with Gasteiger partial charge in [-0.3, -0.25) is 4.52 Å². The molecule has 0 aliphatic carbocycles. The van der Waals surface area contributed by atoms with E-state index in [1.54, 1.807) is 6.92 Å². The average Bonchev–Trinajstić information content (AvgIpc) is 2.11. The Balaban J connectivity index is -0.000000980. The van der Waals surface area contributed by atoms with Crippen molar-refractivity contribution in [1.82, 2.24) is 0 Å². The van der Waals surface area contributed by atoms with Crippen molar-refractivity contribution in [1.29, 1.82) is 0 Å². The number of carbonyl (C=O) groups is 1. The third-order valence-electron chi connectivity index (χ3n) is 1.50. The third kappa shape index (κ3) is 17.3. The molecule has 0 fully saturated rings. The van der Waals surface area contributed by atoms with Gasteiger partial charge in [0.2, 0.25) is 0 Å². The molecule has 6 nitrogen and oxygen atoms in total. The van der Waals surface area contributed by atoms with Gasteiger partial charge in [-0.1, -0.05) is 6.58 Å². The van der Waals surface area contributed by atoms with Crippen LogP contribution in [0.2, 0.25) is 0 Å². The van der Waals surface area contributed by atoms with Crippen LogP contribution in [0.1, 0.15) is 19.8 Å². The second kappa shape index (κ2) is 12.4. The Labute approximate surface area is 145 Å². The molecule has 2 N–H and O–H groups in total. The van der Waals surface area contributed by atoms with Crippen LogP contribution < -0.4 is 0 Å². The van der Waals surface area contributed by atoms with Gasteiger partial charge in [-0.25, -0.2) is 9.36 Å². The van der Waals surface area contributed by atoms with Gasteiger partial charge in [-0.05, 0) is 19.8 Å². The molecule has 9 heteroatoms. The molecule has 0 aliphatic rings. The second-order valence-corrected chi connectivity index (χ2v) is 4.16. The number of hydrogen-bond acceptors (Lipinski definition) is 4. The fourth-order valence-corrected chi connectivity index (χ4v) is 1.23. The van der Waals surface area contributed by atoms with E-state index in [-0.39, 0.29) is 71.8 Å².